The standard InChI is InChI=1S/C37H40ClN7O4/c38-30-14-8-7-13-28(30)24-41-34(46)31(16-15-26-9-3-1-4-10-26)43-35(47)32(23-27-11-5-2-6-12-27)44-37(49)45-21-17-29(18-22-45)42-36(48)33-25-39-19-20-40-33/h1-14,19-20,25,29,31-32H,15-18,21-24H2,(H,41,46)(H,42,48)(H,43,47)(H,44,49)/t31-,32-/m0/s1. The van der Waals surface area contributed by atoms with E-state index in [-0.39, 0.29) is 36.5 Å². The van der Waals surface area contributed by atoms with Crippen molar-refractivity contribution in [3.8, 4) is 0 Å². The fourth-order valence-corrected chi connectivity index (χ4v) is 5.85. The number of aromatic nitrogens is 2. The summed E-state index contributed by atoms with van der Waals surface area (Å²) in [7, 11) is 0. The van der Waals surface area contributed by atoms with Crippen molar-refractivity contribution < 1.29 is 19.2 Å². The average Bonchev–Trinajstić information content (AvgIpc) is 3.14. The number of rotatable bonds is 13. The van der Waals surface area contributed by atoms with E-state index >= 15 is 0 Å². The lowest BCUT2D eigenvalue weighted by Crippen LogP contribution is -2.57. The van der Waals surface area contributed by atoms with Crippen LogP contribution in [-0.2, 0) is 29.0 Å². The van der Waals surface area contributed by atoms with Crippen molar-refractivity contribution in [2.45, 2.75) is 56.8 Å². The molecule has 1 aliphatic heterocycles. The molecule has 4 aromatic rings. The van der Waals surface area contributed by atoms with E-state index in [2.05, 4.69) is 31.2 Å². The van der Waals surface area contributed by atoms with Crippen molar-refractivity contribution in [2.24, 2.45) is 0 Å². The Bertz CT molecular complexity index is 1690. The second kappa shape index (κ2) is 17.7. The predicted octanol–water partition coefficient (Wildman–Crippen LogP) is 4.08. The normalized spacial score (nSPS) is 14.3. The van der Waals surface area contributed by atoms with Gasteiger partial charge in [0.15, 0.2) is 0 Å². The molecule has 3 aromatic carbocycles. The summed E-state index contributed by atoms with van der Waals surface area (Å²) in [4.78, 5) is 63.1. The van der Waals surface area contributed by atoms with Crippen molar-refractivity contribution in [2.75, 3.05) is 13.1 Å². The first-order valence-electron chi connectivity index (χ1n) is 16.4. The van der Waals surface area contributed by atoms with E-state index in [0.717, 1.165) is 16.7 Å². The summed E-state index contributed by atoms with van der Waals surface area (Å²) in [5.74, 6) is -1.12. The van der Waals surface area contributed by atoms with Gasteiger partial charge in [0.2, 0.25) is 11.8 Å². The summed E-state index contributed by atoms with van der Waals surface area (Å²) in [5.41, 5.74) is 2.89. The zero-order chi connectivity index (χ0) is 34.4. The van der Waals surface area contributed by atoms with Gasteiger partial charge >= 0.3 is 6.03 Å². The molecular weight excluding hydrogens is 642 g/mol. The number of amides is 5. The second-order valence-electron chi connectivity index (χ2n) is 11.9. The quantitative estimate of drug-likeness (QED) is 0.167. The Morgan fingerprint density at radius 1 is 0.796 bits per heavy atom. The van der Waals surface area contributed by atoms with Gasteiger partial charge in [0, 0.05) is 49.5 Å². The Morgan fingerprint density at radius 2 is 1.47 bits per heavy atom. The van der Waals surface area contributed by atoms with Crippen LogP contribution in [0.2, 0.25) is 5.02 Å². The molecule has 0 aliphatic carbocycles. The first kappa shape index (κ1) is 35.0. The molecule has 49 heavy (non-hydrogen) atoms. The van der Waals surface area contributed by atoms with E-state index in [0.29, 0.717) is 43.8 Å². The number of likely N-dealkylation sites (tertiary alicyclic amines) is 1. The molecule has 0 saturated carbocycles. The molecule has 12 heteroatoms. The van der Waals surface area contributed by atoms with Crippen LogP contribution in [-0.4, -0.2) is 69.8 Å². The molecule has 11 nitrogen and oxygen atoms in total. The number of halogens is 1. The zero-order valence-corrected chi connectivity index (χ0v) is 27.8. The molecule has 0 bridgehead atoms. The highest BCUT2D eigenvalue weighted by molar-refractivity contribution is 6.31. The van der Waals surface area contributed by atoms with Crippen LogP contribution in [0.5, 0.6) is 0 Å². The van der Waals surface area contributed by atoms with E-state index in [1.807, 2.05) is 78.9 Å². The smallest absolute Gasteiger partial charge is 0.318 e. The molecule has 1 aliphatic rings. The van der Waals surface area contributed by atoms with E-state index in [9.17, 15) is 19.2 Å². The second-order valence-corrected chi connectivity index (χ2v) is 12.3. The molecule has 5 amide bonds. The van der Waals surface area contributed by atoms with Crippen molar-refractivity contribution >= 4 is 35.4 Å². The van der Waals surface area contributed by atoms with Gasteiger partial charge in [-0.3, -0.25) is 19.4 Å². The van der Waals surface area contributed by atoms with Gasteiger partial charge in [-0.2, -0.15) is 0 Å². The van der Waals surface area contributed by atoms with E-state index in [1.54, 1.807) is 11.0 Å². The maximum Gasteiger partial charge on any atom is 0.318 e. The van der Waals surface area contributed by atoms with Crippen molar-refractivity contribution in [1.29, 1.82) is 0 Å². The SMILES string of the molecule is O=C(NC1CCN(C(=O)N[C@@H](Cc2ccccc2)C(=O)N[C@@H](CCc2ccccc2)C(=O)NCc2ccccc2Cl)CC1)c1cnccn1. The Hall–Kier alpha value is -5.29. The number of hydrogen-bond donors (Lipinski definition) is 4. The van der Waals surface area contributed by atoms with Crippen LogP contribution in [0.3, 0.4) is 0 Å². The molecule has 0 radical (unpaired) electrons. The van der Waals surface area contributed by atoms with Crippen LogP contribution in [0.15, 0.2) is 104 Å². The van der Waals surface area contributed by atoms with E-state index in [1.165, 1.54) is 18.6 Å². The number of benzene rings is 3. The minimum Gasteiger partial charge on any atom is -0.350 e. The van der Waals surface area contributed by atoms with Gasteiger partial charge in [-0.25, -0.2) is 9.78 Å². The van der Waals surface area contributed by atoms with Gasteiger partial charge in [-0.05, 0) is 48.4 Å². The Labute approximate surface area is 290 Å². The highest BCUT2D eigenvalue weighted by Gasteiger charge is 2.30. The fraction of sp³-hybridized carbons (Fsp3) is 0.297. The lowest BCUT2D eigenvalue weighted by Gasteiger charge is -2.33. The van der Waals surface area contributed by atoms with Gasteiger partial charge in [-0.15, -0.1) is 0 Å². The van der Waals surface area contributed by atoms with Crippen LogP contribution in [0.1, 0.15) is 46.4 Å². The summed E-state index contributed by atoms with van der Waals surface area (Å²) < 4.78 is 0. The van der Waals surface area contributed by atoms with Gasteiger partial charge in [-0.1, -0.05) is 90.5 Å². The molecule has 2 atom stereocenters. The van der Waals surface area contributed by atoms with Crippen LogP contribution < -0.4 is 21.3 Å². The third-order valence-electron chi connectivity index (χ3n) is 8.42. The summed E-state index contributed by atoms with van der Waals surface area (Å²) in [5, 5.41) is 12.3. The minimum absolute atomic E-state index is 0.128. The third kappa shape index (κ3) is 10.6. The van der Waals surface area contributed by atoms with Crippen LogP contribution >= 0.6 is 11.6 Å². The van der Waals surface area contributed by atoms with Crippen molar-refractivity contribution in [3.63, 3.8) is 0 Å². The lowest BCUT2D eigenvalue weighted by molar-refractivity contribution is -0.130. The molecule has 4 N–H and O–H groups in total. The molecule has 0 unspecified atom stereocenters. The highest BCUT2D eigenvalue weighted by Crippen LogP contribution is 2.16. The van der Waals surface area contributed by atoms with Crippen LogP contribution in [0.25, 0.3) is 0 Å². The first-order chi connectivity index (χ1) is 23.9. The number of nitrogens with one attached hydrogen (secondary N) is 4. The Kier molecular flexibility index (Phi) is 12.7. The van der Waals surface area contributed by atoms with Gasteiger partial charge in [0.1, 0.15) is 17.8 Å². The molecule has 5 rings (SSSR count). The Balaban J connectivity index is 1.24. The predicted molar refractivity (Wildman–Crippen MR) is 187 cm³/mol. The molecule has 1 fully saturated rings. The zero-order valence-electron chi connectivity index (χ0n) is 27.1. The number of aryl methyl sites for hydroxylation is 1. The number of piperidine rings is 1. The first-order valence-corrected chi connectivity index (χ1v) is 16.7. The number of urea groups is 1. The number of carbonyl (C=O) groups excluding carboxylic acids is 4. The van der Waals surface area contributed by atoms with Crippen LogP contribution in [0, 0.1) is 0 Å². The lowest BCUT2D eigenvalue weighted by atomic mass is 10.0. The van der Waals surface area contributed by atoms with Gasteiger partial charge in [0.25, 0.3) is 5.91 Å². The van der Waals surface area contributed by atoms with Crippen molar-refractivity contribution in [1.82, 2.24) is 36.1 Å². The number of carbonyl (C=O) groups is 4. The van der Waals surface area contributed by atoms with Crippen molar-refractivity contribution in [3.05, 3.63) is 131 Å². The molecule has 2 heterocycles. The fourth-order valence-electron chi connectivity index (χ4n) is 5.65. The summed E-state index contributed by atoms with van der Waals surface area (Å²) in [6.45, 7) is 0.984. The molecule has 1 aromatic heterocycles. The largest absolute Gasteiger partial charge is 0.350 e. The molecule has 0 spiro atoms. The number of hydrogen-bond acceptors (Lipinski definition) is 6. The molecule has 1 saturated heterocycles. The summed E-state index contributed by atoms with van der Waals surface area (Å²) in [6, 6.07) is 24.1. The number of nitrogens with zero attached hydrogens (tertiary/aromatic N) is 3. The van der Waals surface area contributed by atoms with E-state index < -0.39 is 24.0 Å². The van der Waals surface area contributed by atoms with E-state index in [4.69, 9.17) is 11.6 Å². The molecular formula is C37H40ClN7O4. The summed E-state index contributed by atoms with van der Waals surface area (Å²) >= 11 is 6.31. The maximum atomic E-state index is 13.9. The molecule has 254 valence electrons. The monoisotopic (exact) mass is 681 g/mol. The van der Waals surface area contributed by atoms with Gasteiger partial charge < -0.3 is 26.2 Å². The van der Waals surface area contributed by atoms with Crippen LogP contribution in [0.4, 0.5) is 4.79 Å². The average molecular weight is 682 g/mol. The summed E-state index contributed by atoms with van der Waals surface area (Å²) in [6.07, 6.45) is 6.60. The third-order valence-corrected chi connectivity index (χ3v) is 8.79. The highest BCUT2D eigenvalue weighted by atomic mass is 35.5. The van der Waals surface area contributed by atoms with Gasteiger partial charge in [0.05, 0.1) is 6.20 Å². The Morgan fingerprint density at radius 3 is 2.14 bits per heavy atom. The topological polar surface area (TPSA) is 145 Å². The minimum atomic E-state index is -0.945. The maximum absolute atomic E-state index is 13.9.